The van der Waals surface area contributed by atoms with Gasteiger partial charge in [0.2, 0.25) is 5.91 Å². The van der Waals surface area contributed by atoms with Crippen molar-refractivity contribution in [2.24, 2.45) is 0 Å². The lowest BCUT2D eigenvalue weighted by Gasteiger charge is -2.34. The lowest BCUT2D eigenvalue weighted by Crippen LogP contribution is -2.46. The number of aryl methyl sites for hydroxylation is 1. The predicted molar refractivity (Wildman–Crippen MR) is 109 cm³/mol. The van der Waals surface area contributed by atoms with E-state index in [0.717, 1.165) is 31.5 Å². The number of amides is 3. The fraction of sp³-hybridized carbons (Fsp3) is 0.333. The zero-order valence-electron chi connectivity index (χ0n) is 15.8. The van der Waals surface area contributed by atoms with Gasteiger partial charge < -0.3 is 20.9 Å². The van der Waals surface area contributed by atoms with E-state index in [-0.39, 0.29) is 18.0 Å². The van der Waals surface area contributed by atoms with Crippen molar-refractivity contribution in [2.45, 2.75) is 32.7 Å². The van der Waals surface area contributed by atoms with Crippen LogP contribution in [0.5, 0.6) is 0 Å². The first kappa shape index (κ1) is 18.8. The van der Waals surface area contributed by atoms with Gasteiger partial charge in [-0.15, -0.1) is 0 Å². The van der Waals surface area contributed by atoms with Crippen LogP contribution in [0.2, 0.25) is 0 Å². The number of benzene rings is 2. The van der Waals surface area contributed by atoms with Crippen LogP contribution < -0.4 is 20.9 Å². The molecule has 0 aromatic heterocycles. The largest absolute Gasteiger partial charge is 0.371 e. The molecule has 0 spiro atoms. The van der Waals surface area contributed by atoms with Crippen molar-refractivity contribution in [3.05, 3.63) is 54.1 Å². The second kappa shape index (κ2) is 8.58. The zero-order valence-corrected chi connectivity index (χ0v) is 15.8. The Hall–Kier alpha value is -3.02. The van der Waals surface area contributed by atoms with E-state index >= 15 is 0 Å². The number of rotatable bonds is 4. The van der Waals surface area contributed by atoms with Crippen LogP contribution in [0.25, 0.3) is 0 Å². The molecule has 3 amide bonds. The molecule has 1 aliphatic heterocycles. The Morgan fingerprint density at radius 1 is 1.00 bits per heavy atom. The second-order valence-electron chi connectivity index (χ2n) is 6.91. The molecule has 27 heavy (non-hydrogen) atoms. The first-order valence-corrected chi connectivity index (χ1v) is 9.27. The summed E-state index contributed by atoms with van der Waals surface area (Å²) in [5, 5.41) is 8.68. The number of nitrogens with zero attached hydrogens (tertiary/aromatic N) is 1. The molecule has 0 aliphatic carbocycles. The third kappa shape index (κ3) is 5.23. The monoisotopic (exact) mass is 366 g/mol. The lowest BCUT2D eigenvalue weighted by atomic mass is 10.0. The summed E-state index contributed by atoms with van der Waals surface area (Å²) in [6.07, 6.45) is 1.82. The summed E-state index contributed by atoms with van der Waals surface area (Å²) in [5.74, 6) is -0.134. The van der Waals surface area contributed by atoms with Crippen LogP contribution in [0.15, 0.2) is 48.5 Å². The summed E-state index contributed by atoms with van der Waals surface area (Å²) < 4.78 is 0. The highest BCUT2D eigenvalue weighted by Crippen LogP contribution is 2.21. The molecule has 0 unspecified atom stereocenters. The average Bonchev–Trinajstić information content (AvgIpc) is 2.65. The second-order valence-corrected chi connectivity index (χ2v) is 6.91. The van der Waals surface area contributed by atoms with Gasteiger partial charge in [-0.2, -0.15) is 0 Å². The van der Waals surface area contributed by atoms with Crippen LogP contribution in [0.1, 0.15) is 25.3 Å². The number of anilines is 3. The fourth-order valence-corrected chi connectivity index (χ4v) is 3.30. The zero-order chi connectivity index (χ0) is 19.2. The molecule has 0 bridgehead atoms. The average molecular weight is 366 g/mol. The molecule has 1 fully saturated rings. The van der Waals surface area contributed by atoms with Crippen LogP contribution in [-0.4, -0.2) is 31.1 Å². The topological polar surface area (TPSA) is 73.5 Å². The Balaban J connectivity index is 1.51. The fourth-order valence-electron chi connectivity index (χ4n) is 3.30. The highest BCUT2D eigenvalue weighted by Gasteiger charge is 2.20. The van der Waals surface area contributed by atoms with Gasteiger partial charge in [0, 0.05) is 43.1 Å². The van der Waals surface area contributed by atoms with Gasteiger partial charge in [0.25, 0.3) is 0 Å². The molecule has 1 saturated heterocycles. The van der Waals surface area contributed by atoms with Crippen LogP contribution in [0.3, 0.4) is 0 Å². The molecule has 3 rings (SSSR count). The summed E-state index contributed by atoms with van der Waals surface area (Å²) in [4.78, 5) is 25.9. The number of urea groups is 1. The number of piperidine rings is 1. The molecule has 142 valence electrons. The van der Waals surface area contributed by atoms with Crippen molar-refractivity contribution in [3.63, 3.8) is 0 Å². The molecule has 3 N–H and O–H groups in total. The molecule has 6 nitrogen and oxygen atoms in total. The molecule has 0 radical (unpaired) electrons. The molecule has 1 heterocycles. The summed E-state index contributed by atoms with van der Waals surface area (Å²) >= 11 is 0. The van der Waals surface area contributed by atoms with E-state index in [4.69, 9.17) is 0 Å². The maximum Gasteiger partial charge on any atom is 0.319 e. The summed E-state index contributed by atoms with van der Waals surface area (Å²) in [6, 6.07) is 15.8. The van der Waals surface area contributed by atoms with Gasteiger partial charge in [-0.05, 0) is 49.6 Å². The van der Waals surface area contributed by atoms with Gasteiger partial charge in [0.1, 0.15) is 0 Å². The normalized spacial score (nSPS) is 14.5. The minimum atomic E-state index is -0.217. The van der Waals surface area contributed by atoms with Gasteiger partial charge in [0.05, 0.1) is 0 Å². The van der Waals surface area contributed by atoms with Gasteiger partial charge in [-0.3, -0.25) is 4.79 Å². The lowest BCUT2D eigenvalue weighted by molar-refractivity contribution is -0.114. The van der Waals surface area contributed by atoms with Crippen molar-refractivity contribution in [1.29, 1.82) is 0 Å². The van der Waals surface area contributed by atoms with Crippen molar-refractivity contribution >= 4 is 29.0 Å². The Morgan fingerprint density at radius 3 is 2.37 bits per heavy atom. The highest BCUT2D eigenvalue weighted by molar-refractivity contribution is 5.93. The quantitative estimate of drug-likeness (QED) is 0.772. The Kier molecular flexibility index (Phi) is 5.96. The Bertz CT molecular complexity index is 799. The third-order valence-corrected chi connectivity index (χ3v) is 4.76. The van der Waals surface area contributed by atoms with Gasteiger partial charge >= 0.3 is 6.03 Å². The minimum absolute atomic E-state index is 0.134. The number of carbonyl (C=O) groups is 2. The molecule has 6 heteroatoms. The van der Waals surface area contributed by atoms with Gasteiger partial charge in [-0.1, -0.05) is 24.3 Å². The van der Waals surface area contributed by atoms with Crippen LogP contribution in [0.4, 0.5) is 21.9 Å². The molecule has 0 saturated carbocycles. The van der Waals surface area contributed by atoms with E-state index < -0.39 is 0 Å². The van der Waals surface area contributed by atoms with Crippen molar-refractivity contribution in [2.75, 3.05) is 28.6 Å². The van der Waals surface area contributed by atoms with Gasteiger partial charge in [0.15, 0.2) is 0 Å². The number of nitrogens with one attached hydrogen (secondary N) is 3. The van der Waals surface area contributed by atoms with Crippen molar-refractivity contribution in [1.82, 2.24) is 5.32 Å². The van der Waals surface area contributed by atoms with E-state index in [0.29, 0.717) is 11.4 Å². The summed E-state index contributed by atoms with van der Waals surface area (Å²) in [5.41, 5.74) is 3.54. The first-order chi connectivity index (χ1) is 13.0. The number of hydrogen-bond donors (Lipinski definition) is 3. The smallest absolute Gasteiger partial charge is 0.319 e. The van der Waals surface area contributed by atoms with Crippen LogP contribution in [0, 0.1) is 6.92 Å². The first-order valence-electron chi connectivity index (χ1n) is 9.27. The minimum Gasteiger partial charge on any atom is -0.371 e. The Morgan fingerprint density at radius 2 is 1.70 bits per heavy atom. The molecule has 2 aromatic carbocycles. The summed E-state index contributed by atoms with van der Waals surface area (Å²) in [6.45, 7) is 5.22. The maximum absolute atomic E-state index is 12.3. The van der Waals surface area contributed by atoms with E-state index in [2.05, 4.69) is 33.0 Å². The van der Waals surface area contributed by atoms with Crippen molar-refractivity contribution < 1.29 is 9.59 Å². The van der Waals surface area contributed by atoms with E-state index in [1.165, 1.54) is 12.6 Å². The number of para-hydroxylation sites is 1. The SMILES string of the molecule is CC(=O)Nc1cc(NC(=O)NC2CCN(c3ccccc3)CC2)ccc1C. The molecular weight excluding hydrogens is 340 g/mol. The maximum atomic E-state index is 12.3. The number of hydrogen-bond acceptors (Lipinski definition) is 3. The molecule has 0 atom stereocenters. The van der Waals surface area contributed by atoms with Crippen LogP contribution >= 0.6 is 0 Å². The number of carbonyl (C=O) groups excluding carboxylic acids is 2. The molecule has 2 aromatic rings. The van der Waals surface area contributed by atoms with Crippen LogP contribution in [-0.2, 0) is 4.79 Å². The van der Waals surface area contributed by atoms with Crippen molar-refractivity contribution in [3.8, 4) is 0 Å². The molecular formula is C21H26N4O2. The Labute approximate surface area is 159 Å². The standard InChI is InChI=1S/C21H26N4O2/c1-15-8-9-18(14-20(15)22-16(2)26)24-21(27)23-17-10-12-25(13-11-17)19-6-4-3-5-7-19/h3-9,14,17H,10-13H2,1-2H3,(H,22,26)(H2,23,24,27). The molecule has 1 aliphatic rings. The summed E-state index contributed by atoms with van der Waals surface area (Å²) in [7, 11) is 0. The highest BCUT2D eigenvalue weighted by atomic mass is 16.2. The van der Waals surface area contributed by atoms with E-state index in [1.54, 1.807) is 6.07 Å². The van der Waals surface area contributed by atoms with E-state index in [1.807, 2.05) is 37.3 Å². The third-order valence-electron chi connectivity index (χ3n) is 4.76. The van der Waals surface area contributed by atoms with E-state index in [9.17, 15) is 9.59 Å². The predicted octanol–water partition coefficient (Wildman–Crippen LogP) is 3.74. The van der Waals surface area contributed by atoms with Gasteiger partial charge in [-0.25, -0.2) is 4.79 Å².